The van der Waals surface area contributed by atoms with Crippen LogP contribution in [0.15, 0.2) is 80.1 Å². The molecule has 10 nitrogen and oxygen atoms in total. The van der Waals surface area contributed by atoms with Crippen LogP contribution in [0.5, 0.6) is 11.5 Å². The van der Waals surface area contributed by atoms with E-state index in [9.17, 15) is 19.7 Å². The number of hydrogen-bond acceptors (Lipinski definition) is 9. The molecule has 1 aliphatic heterocycles. The number of thiazole rings is 1. The van der Waals surface area contributed by atoms with Crippen LogP contribution < -0.4 is 24.4 Å². The predicted octanol–water partition coefficient (Wildman–Crippen LogP) is 6.75. The molecule has 14 heteroatoms. The lowest BCUT2D eigenvalue weighted by molar-refractivity contribution is -0.386. The number of nitro benzene ring substituents is 1. The van der Waals surface area contributed by atoms with Crippen LogP contribution in [0.2, 0.25) is 10.0 Å². The van der Waals surface area contributed by atoms with E-state index in [0.717, 1.165) is 11.3 Å². The van der Waals surface area contributed by atoms with E-state index in [4.69, 9.17) is 37.4 Å². The molecule has 0 amide bonds. The van der Waals surface area contributed by atoms with Gasteiger partial charge in [-0.2, -0.15) is 0 Å². The van der Waals surface area contributed by atoms with Crippen molar-refractivity contribution in [2.75, 3.05) is 13.2 Å². The summed E-state index contributed by atoms with van der Waals surface area (Å²) in [6.45, 7) is 5.87. The van der Waals surface area contributed by atoms with Crippen molar-refractivity contribution in [3.8, 4) is 11.5 Å². The zero-order chi connectivity index (χ0) is 33.1. The van der Waals surface area contributed by atoms with Gasteiger partial charge in [-0.15, -0.1) is 0 Å². The van der Waals surface area contributed by atoms with E-state index < -0.39 is 22.5 Å². The van der Waals surface area contributed by atoms with E-state index in [1.54, 1.807) is 68.5 Å². The SMILES string of the molecule is CCOC(=O)C1=C(C)N=c2s/c(=C\c3cc(Br)c(OCc4ccc(Cl)cc4Cl)c([N+](=O)[O-])c3)c(=O)n2[C@H]1c1ccc(OCC)cc1. The van der Waals surface area contributed by atoms with E-state index in [2.05, 4.69) is 20.9 Å². The van der Waals surface area contributed by atoms with Crippen LogP contribution in [0.25, 0.3) is 6.08 Å². The third kappa shape index (κ3) is 6.90. The number of benzene rings is 3. The summed E-state index contributed by atoms with van der Waals surface area (Å²) in [4.78, 5) is 43.6. The summed E-state index contributed by atoms with van der Waals surface area (Å²) in [5, 5.41) is 12.9. The number of hydrogen-bond donors (Lipinski definition) is 0. The van der Waals surface area contributed by atoms with Crippen LogP contribution in [-0.4, -0.2) is 28.7 Å². The zero-order valence-corrected chi connectivity index (χ0v) is 28.6. The van der Waals surface area contributed by atoms with Crippen molar-refractivity contribution >= 4 is 68.2 Å². The van der Waals surface area contributed by atoms with E-state index >= 15 is 0 Å². The second-order valence-electron chi connectivity index (χ2n) is 9.94. The Balaban J connectivity index is 1.58. The predicted molar refractivity (Wildman–Crippen MR) is 180 cm³/mol. The zero-order valence-electron chi connectivity index (χ0n) is 24.7. The van der Waals surface area contributed by atoms with Gasteiger partial charge in [0, 0.05) is 21.7 Å². The van der Waals surface area contributed by atoms with Crippen molar-refractivity contribution in [1.29, 1.82) is 0 Å². The minimum Gasteiger partial charge on any atom is -0.494 e. The van der Waals surface area contributed by atoms with Gasteiger partial charge in [-0.25, -0.2) is 9.79 Å². The number of nitrogens with zero attached hydrogens (tertiary/aromatic N) is 3. The fraction of sp³-hybridized carbons (Fsp3) is 0.219. The van der Waals surface area contributed by atoms with Crippen LogP contribution in [0.3, 0.4) is 0 Å². The lowest BCUT2D eigenvalue weighted by Crippen LogP contribution is -2.39. The highest BCUT2D eigenvalue weighted by Gasteiger charge is 2.33. The number of esters is 1. The van der Waals surface area contributed by atoms with Crippen LogP contribution >= 0.6 is 50.5 Å². The highest BCUT2D eigenvalue weighted by atomic mass is 79.9. The number of nitro groups is 1. The molecule has 0 N–H and O–H groups in total. The van der Waals surface area contributed by atoms with Gasteiger partial charge in [0.1, 0.15) is 12.4 Å². The largest absolute Gasteiger partial charge is 0.494 e. The first kappa shape index (κ1) is 33.4. The van der Waals surface area contributed by atoms with Crippen molar-refractivity contribution in [1.82, 2.24) is 4.57 Å². The maximum atomic E-state index is 14.0. The minimum atomic E-state index is -0.815. The van der Waals surface area contributed by atoms with E-state index in [-0.39, 0.29) is 34.8 Å². The Labute approximate surface area is 285 Å². The molecule has 0 saturated carbocycles. The summed E-state index contributed by atoms with van der Waals surface area (Å²) in [6, 6.07) is 14.1. The van der Waals surface area contributed by atoms with Gasteiger partial charge in [0.05, 0.1) is 44.5 Å². The van der Waals surface area contributed by atoms with Gasteiger partial charge in [-0.05, 0) is 84.2 Å². The summed E-state index contributed by atoms with van der Waals surface area (Å²) < 4.78 is 18.7. The Morgan fingerprint density at radius 2 is 1.85 bits per heavy atom. The highest BCUT2D eigenvalue weighted by molar-refractivity contribution is 9.10. The van der Waals surface area contributed by atoms with Crippen LogP contribution in [-0.2, 0) is 16.1 Å². The number of halogens is 3. The van der Waals surface area contributed by atoms with Crippen molar-refractivity contribution in [2.45, 2.75) is 33.4 Å². The average Bonchev–Trinajstić information content (AvgIpc) is 3.30. The molecule has 1 aromatic heterocycles. The molecule has 5 rings (SSSR count). The first-order chi connectivity index (χ1) is 22.0. The summed E-state index contributed by atoms with van der Waals surface area (Å²) in [5.74, 6) is 0.0691. The molecule has 3 aromatic carbocycles. The van der Waals surface area contributed by atoms with Gasteiger partial charge in [0.15, 0.2) is 4.80 Å². The lowest BCUT2D eigenvalue weighted by atomic mass is 9.96. The molecule has 46 heavy (non-hydrogen) atoms. The number of aromatic nitrogens is 1. The maximum absolute atomic E-state index is 14.0. The molecule has 2 heterocycles. The molecule has 4 aromatic rings. The van der Waals surface area contributed by atoms with E-state index in [1.165, 1.54) is 10.6 Å². The quantitative estimate of drug-likeness (QED) is 0.1000. The second kappa shape index (κ2) is 14.2. The first-order valence-electron chi connectivity index (χ1n) is 14.0. The van der Waals surface area contributed by atoms with Crippen molar-refractivity contribution in [2.24, 2.45) is 4.99 Å². The van der Waals surface area contributed by atoms with Crippen molar-refractivity contribution in [3.63, 3.8) is 0 Å². The monoisotopic (exact) mass is 745 g/mol. The van der Waals surface area contributed by atoms with Gasteiger partial charge in [0.25, 0.3) is 5.56 Å². The number of rotatable bonds is 10. The summed E-state index contributed by atoms with van der Waals surface area (Å²) >= 11 is 16.7. The first-order valence-corrected chi connectivity index (χ1v) is 16.4. The molecule has 0 saturated heterocycles. The standard InChI is InChI=1S/C32H26BrCl2N3O7S/c1-4-43-22-10-7-19(8-11-22)28-27(31(40)44-5-2)17(3)36-32-37(28)30(39)26(46-32)14-18-12-23(33)29(25(13-18)38(41)42)45-16-20-6-9-21(34)15-24(20)35/h6-15,28H,4-5,16H2,1-3H3/b26-14-/t28-/m0/s1. The third-order valence-electron chi connectivity index (χ3n) is 6.95. The van der Waals surface area contributed by atoms with Gasteiger partial charge in [-0.3, -0.25) is 19.5 Å². The fourth-order valence-corrected chi connectivity index (χ4v) is 7.01. The fourth-order valence-electron chi connectivity index (χ4n) is 4.92. The van der Waals surface area contributed by atoms with Gasteiger partial charge < -0.3 is 14.2 Å². The van der Waals surface area contributed by atoms with Crippen LogP contribution in [0.4, 0.5) is 5.69 Å². The Morgan fingerprint density at radius 3 is 2.50 bits per heavy atom. The Bertz CT molecular complexity index is 2060. The molecular weight excluding hydrogens is 721 g/mol. The molecule has 0 spiro atoms. The Kier molecular flexibility index (Phi) is 10.3. The molecule has 0 aliphatic carbocycles. The number of ether oxygens (including phenoxy) is 3. The van der Waals surface area contributed by atoms with E-state index in [1.807, 2.05) is 6.92 Å². The van der Waals surface area contributed by atoms with Crippen LogP contribution in [0, 0.1) is 10.1 Å². The Hall–Kier alpha value is -3.97. The number of carbonyl (C=O) groups is 1. The Morgan fingerprint density at radius 1 is 1.11 bits per heavy atom. The van der Waals surface area contributed by atoms with E-state index in [0.29, 0.717) is 54.1 Å². The summed E-state index contributed by atoms with van der Waals surface area (Å²) in [7, 11) is 0. The smallest absolute Gasteiger partial charge is 0.338 e. The number of fused-ring (bicyclic) bond motifs is 1. The summed E-state index contributed by atoms with van der Waals surface area (Å²) in [5.41, 5.74) is 1.56. The molecule has 0 radical (unpaired) electrons. The van der Waals surface area contributed by atoms with Crippen molar-refractivity contribution in [3.05, 3.63) is 127 Å². The lowest BCUT2D eigenvalue weighted by Gasteiger charge is -2.24. The topological polar surface area (TPSA) is 122 Å². The maximum Gasteiger partial charge on any atom is 0.338 e. The van der Waals surface area contributed by atoms with Crippen LogP contribution in [0.1, 0.15) is 43.5 Å². The molecule has 0 unspecified atom stereocenters. The van der Waals surface area contributed by atoms with Gasteiger partial charge in [-0.1, -0.05) is 52.7 Å². The molecule has 238 valence electrons. The third-order valence-corrected chi connectivity index (χ3v) is 9.11. The normalized spacial score (nSPS) is 14.5. The minimum absolute atomic E-state index is 0.000158. The average molecular weight is 747 g/mol. The van der Waals surface area contributed by atoms with Crippen molar-refractivity contribution < 1.29 is 23.9 Å². The molecule has 1 atom stereocenters. The molecule has 0 bridgehead atoms. The molecule has 1 aliphatic rings. The molecule has 0 fully saturated rings. The second-order valence-corrected chi connectivity index (χ2v) is 12.6. The molecular formula is C32H26BrCl2N3O7S. The van der Waals surface area contributed by atoms with Gasteiger partial charge in [0.2, 0.25) is 5.75 Å². The highest BCUT2D eigenvalue weighted by Crippen LogP contribution is 2.38. The number of allylic oxidation sites excluding steroid dienone is 1. The van der Waals surface area contributed by atoms with Gasteiger partial charge >= 0.3 is 11.7 Å². The number of carbonyl (C=O) groups excluding carboxylic acids is 1. The summed E-state index contributed by atoms with van der Waals surface area (Å²) in [6.07, 6.45) is 1.54.